The van der Waals surface area contributed by atoms with Gasteiger partial charge in [-0.15, -0.1) is 0 Å². The van der Waals surface area contributed by atoms with Crippen molar-refractivity contribution in [2.45, 2.75) is 38.3 Å². The van der Waals surface area contributed by atoms with Gasteiger partial charge in [-0.3, -0.25) is 19.4 Å². The van der Waals surface area contributed by atoms with Crippen molar-refractivity contribution in [2.75, 3.05) is 26.3 Å². The molecular formula is C29H31N5O3. The number of Topliss-reactive ketones (excluding diaryl/α,β-unsaturated/α-hetero) is 1. The van der Waals surface area contributed by atoms with Crippen LogP contribution in [0.2, 0.25) is 0 Å². The Kier molecular flexibility index (Phi) is 6.68. The van der Waals surface area contributed by atoms with Crippen molar-refractivity contribution in [1.29, 1.82) is 0 Å². The third-order valence-electron chi connectivity index (χ3n) is 7.37. The highest BCUT2D eigenvalue weighted by Crippen LogP contribution is 2.29. The van der Waals surface area contributed by atoms with Gasteiger partial charge in [0.25, 0.3) is 0 Å². The van der Waals surface area contributed by atoms with Gasteiger partial charge in [-0.25, -0.2) is 4.98 Å². The zero-order chi connectivity index (χ0) is 25.2. The fourth-order valence-corrected chi connectivity index (χ4v) is 4.89. The number of pyridine rings is 2. The Balaban J connectivity index is 1.22. The van der Waals surface area contributed by atoms with Crippen LogP contribution in [-0.2, 0) is 24.8 Å². The van der Waals surface area contributed by atoms with E-state index in [4.69, 9.17) is 9.47 Å². The normalized spacial score (nSPS) is 16.6. The molecule has 3 aromatic heterocycles. The fraction of sp³-hybridized carbons (Fsp3) is 0.379. The summed E-state index contributed by atoms with van der Waals surface area (Å²) in [6.45, 7) is 4.23. The van der Waals surface area contributed by atoms with E-state index in [1.807, 2.05) is 30.2 Å². The van der Waals surface area contributed by atoms with Gasteiger partial charge in [0.15, 0.2) is 5.78 Å². The first kappa shape index (κ1) is 23.8. The molecule has 8 heteroatoms. The average Bonchev–Trinajstić information content (AvgIpc) is 3.26. The lowest BCUT2D eigenvalue weighted by Gasteiger charge is -2.27. The number of nitrogens with zero attached hydrogens (tertiary/aromatic N) is 5. The second-order valence-corrected chi connectivity index (χ2v) is 9.91. The molecule has 4 heterocycles. The molecule has 1 saturated heterocycles. The molecule has 4 aromatic rings. The Morgan fingerprint density at radius 1 is 1.05 bits per heavy atom. The fourth-order valence-electron chi connectivity index (χ4n) is 4.89. The van der Waals surface area contributed by atoms with Gasteiger partial charge in [-0.05, 0) is 48.4 Å². The molecule has 1 aliphatic heterocycles. The van der Waals surface area contributed by atoms with Gasteiger partial charge >= 0.3 is 0 Å². The molecule has 8 nitrogen and oxygen atoms in total. The molecule has 6 rings (SSSR count). The quantitative estimate of drug-likeness (QED) is 0.337. The van der Waals surface area contributed by atoms with E-state index in [1.165, 1.54) is 12.1 Å². The number of ether oxygens (including phenoxy) is 2. The Labute approximate surface area is 216 Å². The van der Waals surface area contributed by atoms with Crippen LogP contribution >= 0.6 is 0 Å². The number of ketones is 1. The van der Waals surface area contributed by atoms with Crippen LogP contribution in [0.4, 0.5) is 0 Å². The third kappa shape index (κ3) is 5.26. The van der Waals surface area contributed by atoms with Crippen molar-refractivity contribution < 1.29 is 14.3 Å². The van der Waals surface area contributed by atoms with Gasteiger partial charge in [0.1, 0.15) is 6.10 Å². The molecule has 0 amide bonds. The van der Waals surface area contributed by atoms with Gasteiger partial charge in [0.05, 0.1) is 31.5 Å². The van der Waals surface area contributed by atoms with Gasteiger partial charge in [-0.2, -0.15) is 5.10 Å². The summed E-state index contributed by atoms with van der Waals surface area (Å²) < 4.78 is 13.3. The molecule has 190 valence electrons. The summed E-state index contributed by atoms with van der Waals surface area (Å²) in [5.74, 6) is 0.528. The summed E-state index contributed by atoms with van der Waals surface area (Å²) in [4.78, 5) is 24.3. The van der Waals surface area contributed by atoms with Crippen LogP contribution in [-0.4, -0.2) is 62.8 Å². The topological polar surface area (TPSA) is 82.4 Å². The lowest BCUT2D eigenvalue weighted by molar-refractivity contribution is 0.0332. The summed E-state index contributed by atoms with van der Waals surface area (Å²) in [5.41, 5.74) is 4.76. The first-order valence-corrected chi connectivity index (χ1v) is 13.0. The molecule has 0 radical (unpaired) electrons. The maximum atomic E-state index is 13.0. The predicted octanol–water partition coefficient (Wildman–Crippen LogP) is 4.22. The van der Waals surface area contributed by atoms with E-state index < -0.39 is 0 Å². The Morgan fingerprint density at radius 2 is 1.92 bits per heavy atom. The predicted molar refractivity (Wildman–Crippen MR) is 141 cm³/mol. The zero-order valence-corrected chi connectivity index (χ0v) is 21.1. The molecule has 0 N–H and O–H groups in total. The van der Waals surface area contributed by atoms with E-state index in [0.717, 1.165) is 73.3 Å². The van der Waals surface area contributed by atoms with Gasteiger partial charge < -0.3 is 9.47 Å². The van der Waals surface area contributed by atoms with Crippen molar-refractivity contribution in [2.24, 2.45) is 7.05 Å². The van der Waals surface area contributed by atoms with Crippen LogP contribution in [0.15, 0.2) is 55.0 Å². The summed E-state index contributed by atoms with van der Waals surface area (Å²) in [7, 11) is 2.00. The smallest absolute Gasteiger partial charge is 0.214 e. The van der Waals surface area contributed by atoms with Gasteiger partial charge in [0.2, 0.25) is 5.88 Å². The first-order valence-electron chi connectivity index (χ1n) is 13.0. The van der Waals surface area contributed by atoms with Crippen molar-refractivity contribution in [1.82, 2.24) is 24.6 Å². The molecule has 37 heavy (non-hydrogen) atoms. The zero-order valence-electron chi connectivity index (χ0n) is 21.1. The van der Waals surface area contributed by atoms with E-state index in [2.05, 4.69) is 38.2 Å². The Hall–Kier alpha value is -3.62. The van der Waals surface area contributed by atoms with Crippen molar-refractivity contribution in [3.8, 4) is 17.0 Å². The van der Waals surface area contributed by atoms with Crippen LogP contribution in [0.3, 0.4) is 0 Å². The second-order valence-electron chi connectivity index (χ2n) is 9.91. The lowest BCUT2D eigenvalue weighted by Crippen LogP contribution is -2.36. The molecule has 2 fully saturated rings. The number of carbonyl (C=O) groups is 1. The minimum absolute atomic E-state index is 0.00363. The molecule has 1 saturated carbocycles. The molecule has 0 atom stereocenters. The number of hydrogen-bond acceptors (Lipinski definition) is 7. The van der Waals surface area contributed by atoms with Crippen LogP contribution < -0.4 is 4.74 Å². The van der Waals surface area contributed by atoms with Crippen molar-refractivity contribution in [3.05, 3.63) is 71.9 Å². The third-order valence-corrected chi connectivity index (χ3v) is 7.37. The summed E-state index contributed by atoms with van der Waals surface area (Å²) in [6, 6.07) is 11.9. The van der Waals surface area contributed by atoms with E-state index in [-0.39, 0.29) is 18.3 Å². The molecule has 0 bridgehead atoms. The maximum Gasteiger partial charge on any atom is 0.214 e. The standard InChI is InChI=1S/C29H31N5O3/c1-33-27(19-34-9-11-36-12-10-34)26(18-32-33)20-5-6-22-17-31-24(14-23(22)13-20)16-28(35)21-7-8-30-29(15-21)37-25-3-2-4-25/h5-8,13-15,17-18,25H,2-4,9-12,16,19H2,1H3. The van der Waals surface area contributed by atoms with Crippen LogP contribution in [0.5, 0.6) is 5.88 Å². The number of morpholine rings is 1. The van der Waals surface area contributed by atoms with E-state index in [9.17, 15) is 4.79 Å². The van der Waals surface area contributed by atoms with Gasteiger partial charge in [-0.1, -0.05) is 12.1 Å². The highest BCUT2D eigenvalue weighted by Gasteiger charge is 2.21. The highest BCUT2D eigenvalue weighted by atomic mass is 16.5. The number of hydrogen-bond donors (Lipinski definition) is 0. The van der Waals surface area contributed by atoms with Crippen molar-refractivity contribution in [3.63, 3.8) is 0 Å². The lowest BCUT2D eigenvalue weighted by atomic mass is 9.96. The molecule has 2 aliphatic rings. The SMILES string of the molecule is Cn1ncc(-c2ccc3cnc(CC(=O)c4ccnc(OC5CCC5)c4)cc3c2)c1CN1CCOCC1. The van der Waals surface area contributed by atoms with Crippen LogP contribution in [0.1, 0.15) is 41.0 Å². The number of aromatic nitrogens is 4. The number of benzene rings is 1. The molecule has 1 aliphatic carbocycles. The molecular weight excluding hydrogens is 466 g/mol. The van der Waals surface area contributed by atoms with E-state index >= 15 is 0 Å². The van der Waals surface area contributed by atoms with Crippen molar-refractivity contribution >= 4 is 16.6 Å². The number of fused-ring (bicyclic) bond motifs is 1. The van der Waals surface area contributed by atoms with E-state index in [1.54, 1.807) is 18.3 Å². The summed E-state index contributed by atoms with van der Waals surface area (Å²) in [6.07, 6.45) is 9.17. The van der Waals surface area contributed by atoms with E-state index in [0.29, 0.717) is 11.4 Å². The Morgan fingerprint density at radius 3 is 2.73 bits per heavy atom. The Bertz CT molecular complexity index is 1420. The summed E-state index contributed by atoms with van der Waals surface area (Å²) in [5, 5.41) is 6.65. The second kappa shape index (κ2) is 10.4. The first-order chi connectivity index (χ1) is 18.1. The molecule has 1 aromatic carbocycles. The highest BCUT2D eigenvalue weighted by molar-refractivity contribution is 5.98. The van der Waals surface area contributed by atoms with Crippen LogP contribution in [0.25, 0.3) is 21.9 Å². The average molecular weight is 498 g/mol. The number of rotatable bonds is 8. The largest absolute Gasteiger partial charge is 0.474 e. The van der Waals surface area contributed by atoms with Gasteiger partial charge in [0, 0.05) is 67.3 Å². The minimum Gasteiger partial charge on any atom is -0.474 e. The number of aryl methyl sites for hydroxylation is 1. The van der Waals surface area contributed by atoms with Crippen LogP contribution in [0, 0.1) is 0 Å². The number of carbonyl (C=O) groups excluding carboxylic acids is 1. The molecule has 0 unspecified atom stereocenters. The minimum atomic E-state index is 0.00363. The molecule has 0 spiro atoms. The maximum absolute atomic E-state index is 13.0. The summed E-state index contributed by atoms with van der Waals surface area (Å²) >= 11 is 0. The monoisotopic (exact) mass is 497 g/mol.